The quantitative estimate of drug-likeness (QED) is 0.485. The molecule has 0 aromatic rings. The van der Waals surface area contributed by atoms with E-state index in [1.807, 2.05) is 11.8 Å². The number of hydrogen-bond donors (Lipinski definition) is 0. The number of hydrogen-bond acceptors (Lipinski definition) is 3. The molecule has 0 saturated carbocycles. The summed E-state index contributed by atoms with van der Waals surface area (Å²) in [6, 6.07) is 0. The van der Waals surface area contributed by atoms with E-state index in [1.165, 1.54) is 17.9 Å². The highest BCUT2D eigenvalue weighted by atomic mass is 32.2. The molecular formula is C8H14OS2. The van der Waals surface area contributed by atoms with E-state index < -0.39 is 0 Å². The molecule has 2 heterocycles. The van der Waals surface area contributed by atoms with Gasteiger partial charge in [-0.2, -0.15) is 23.5 Å². The van der Waals surface area contributed by atoms with Crippen molar-refractivity contribution in [2.45, 2.75) is 23.3 Å². The van der Waals surface area contributed by atoms with Crippen LogP contribution < -0.4 is 0 Å². The highest BCUT2D eigenvalue weighted by Gasteiger charge is 2.38. The minimum Gasteiger partial charge on any atom is -0.380 e. The van der Waals surface area contributed by atoms with Crippen molar-refractivity contribution in [3.8, 4) is 0 Å². The van der Waals surface area contributed by atoms with Crippen LogP contribution in [0.1, 0.15) is 13.3 Å². The van der Waals surface area contributed by atoms with Crippen molar-refractivity contribution in [1.82, 2.24) is 0 Å². The summed E-state index contributed by atoms with van der Waals surface area (Å²) >= 11 is 4.07. The SMILES string of the molecule is CC1(COCCC2CS2)CS1. The van der Waals surface area contributed by atoms with Crippen molar-refractivity contribution in [2.24, 2.45) is 0 Å². The van der Waals surface area contributed by atoms with Crippen LogP contribution in [0.4, 0.5) is 0 Å². The molecule has 2 atom stereocenters. The van der Waals surface area contributed by atoms with Gasteiger partial charge in [0.15, 0.2) is 0 Å². The largest absolute Gasteiger partial charge is 0.380 e. The predicted molar refractivity (Wildman–Crippen MR) is 52.5 cm³/mol. The lowest BCUT2D eigenvalue weighted by Gasteiger charge is -2.06. The van der Waals surface area contributed by atoms with E-state index in [4.69, 9.17) is 4.74 Å². The van der Waals surface area contributed by atoms with Gasteiger partial charge in [0, 0.05) is 28.1 Å². The lowest BCUT2D eigenvalue weighted by molar-refractivity contribution is 0.125. The summed E-state index contributed by atoms with van der Waals surface area (Å²) in [5.41, 5.74) is 0. The van der Waals surface area contributed by atoms with E-state index >= 15 is 0 Å². The van der Waals surface area contributed by atoms with Gasteiger partial charge < -0.3 is 4.74 Å². The van der Waals surface area contributed by atoms with E-state index in [2.05, 4.69) is 18.7 Å². The molecule has 64 valence electrons. The molecule has 0 aromatic heterocycles. The van der Waals surface area contributed by atoms with Crippen LogP contribution in [0.2, 0.25) is 0 Å². The third kappa shape index (κ3) is 2.88. The molecule has 3 heteroatoms. The Bertz CT molecular complexity index is 141. The normalized spacial score (nSPS) is 40.6. The Morgan fingerprint density at radius 1 is 1.64 bits per heavy atom. The van der Waals surface area contributed by atoms with Crippen molar-refractivity contribution in [1.29, 1.82) is 0 Å². The fraction of sp³-hybridized carbons (Fsp3) is 1.00. The minimum absolute atomic E-state index is 0.497. The van der Waals surface area contributed by atoms with E-state index in [1.54, 1.807) is 0 Å². The highest BCUT2D eigenvalue weighted by molar-refractivity contribution is 8.07. The van der Waals surface area contributed by atoms with Crippen molar-refractivity contribution in [3.63, 3.8) is 0 Å². The van der Waals surface area contributed by atoms with E-state index in [0.717, 1.165) is 18.5 Å². The molecule has 2 unspecified atom stereocenters. The zero-order valence-corrected chi connectivity index (χ0v) is 8.47. The number of rotatable bonds is 5. The monoisotopic (exact) mass is 190 g/mol. The summed E-state index contributed by atoms with van der Waals surface area (Å²) in [5, 5.41) is 0.940. The topological polar surface area (TPSA) is 9.23 Å². The molecule has 2 saturated heterocycles. The van der Waals surface area contributed by atoms with E-state index in [-0.39, 0.29) is 0 Å². The van der Waals surface area contributed by atoms with Gasteiger partial charge in [-0.1, -0.05) is 0 Å². The molecule has 0 amide bonds. The summed E-state index contributed by atoms with van der Waals surface area (Å²) in [4.78, 5) is 0. The number of thioether (sulfide) groups is 2. The second-order valence-corrected chi connectivity index (χ2v) is 6.43. The fourth-order valence-corrected chi connectivity index (χ4v) is 2.01. The predicted octanol–water partition coefficient (Wildman–Crippen LogP) is 2.01. The second-order valence-electron chi connectivity index (χ2n) is 3.54. The number of ether oxygens (including phenoxy) is 1. The second kappa shape index (κ2) is 3.19. The van der Waals surface area contributed by atoms with Crippen molar-refractivity contribution in [2.75, 3.05) is 24.7 Å². The van der Waals surface area contributed by atoms with Crippen LogP contribution in [-0.4, -0.2) is 34.7 Å². The first-order valence-corrected chi connectivity index (χ1v) is 6.15. The van der Waals surface area contributed by atoms with Crippen molar-refractivity contribution in [3.05, 3.63) is 0 Å². The van der Waals surface area contributed by atoms with E-state index in [0.29, 0.717) is 4.75 Å². The molecule has 2 rings (SSSR count). The first-order chi connectivity index (χ1) is 5.29. The molecule has 11 heavy (non-hydrogen) atoms. The zero-order chi connectivity index (χ0) is 7.73. The van der Waals surface area contributed by atoms with Gasteiger partial charge in [-0.3, -0.25) is 0 Å². The lowest BCUT2D eigenvalue weighted by atomic mass is 10.2. The molecule has 0 aromatic carbocycles. The van der Waals surface area contributed by atoms with Crippen LogP contribution in [-0.2, 0) is 4.74 Å². The maximum atomic E-state index is 5.58. The van der Waals surface area contributed by atoms with Gasteiger partial charge >= 0.3 is 0 Å². The Morgan fingerprint density at radius 3 is 2.91 bits per heavy atom. The summed E-state index contributed by atoms with van der Waals surface area (Å²) in [5.74, 6) is 2.67. The van der Waals surface area contributed by atoms with Crippen LogP contribution in [0.5, 0.6) is 0 Å². The van der Waals surface area contributed by atoms with Gasteiger partial charge in [0.2, 0.25) is 0 Å². The van der Waals surface area contributed by atoms with Crippen LogP contribution in [0, 0.1) is 0 Å². The summed E-state index contributed by atoms with van der Waals surface area (Å²) in [6.07, 6.45) is 1.27. The zero-order valence-electron chi connectivity index (χ0n) is 6.84. The van der Waals surface area contributed by atoms with Gasteiger partial charge in [-0.25, -0.2) is 0 Å². The van der Waals surface area contributed by atoms with Gasteiger partial charge in [-0.05, 0) is 13.3 Å². The molecule has 1 nitrogen and oxygen atoms in total. The average Bonchev–Trinajstić information content (AvgIpc) is 2.80. The third-order valence-electron chi connectivity index (χ3n) is 2.03. The van der Waals surface area contributed by atoms with Crippen LogP contribution in [0.15, 0.2) is 0 Å². The summed E-state index contributed by atoms with van der Waals surface area (Å²) in [6.45, 7) is 4.23. The molecule has 2 aliphatic rings. The standard InChI is InChI=1S/C8H14OS2/c1-8(6-11-8)5-9-3-2-7-4-10-7/h7H,2-6H2,1H3. The molecule has 2 aliphatic heterocycles. The van der Waals surface area contributed by atoms with Crippen molar-refractivity contribution < 1.29 is 4.74 Å². The molecule has 0 N–H and O–H groups in total. The first kappa shape index (κ1) is 8.27. The summed E-state index contributed by atoms with van der Waals surface area (Å²) < 4.78 is 6.07. The van der Waals surface area contributed by atoms with Crippen LogP contribution in [0.3, 0.4) is 0 Å². The molecule has 0 bridgehead atoms. The van der Waals surface area contributed by atoms with Crippen LogP contribution in [0.25, 0.3) is 0 Å². The van der Waals surface area contributed by atoms with Gasteiger partial charge in [0.25, 0.3) is 0 Å². The fourth-order valence-electron chi connectivity index (χ4n) is 0.944. The lowest BCUT2D eigenvalue weighted by Crippen LogP contribution is -2.13. The first-order valence-electron chi connectivity index (χ1n) is 4.12. The molecule has 0 spiro atoms. The Kier molecular flexibility index (Phi) is 2.40. The minimum atomic E-state index is 0.497. The van der Waals surface area contributed by atoms with Gasteiger partial charge in [0.05, 0.1) is 6.61 Å². The van der Waals surface area contributed by atoms with Crippen molar-refractivity contribution >= 4 is 23.5 Å². The van der Waals surface area contributed by atoms with E-state index in [9.17, 15) is 0 Å². The molecule has 0 aliphatic carbocycles. The third-order valence-corrected chi connectivity index (χ3v) is 4.46. The Balaban J connectivity index is 1.46. The molecule has 2 fully saturated rings. The van der Waals surface area contributed by atoms with Gasteiger partial charge in [-0.15, -0.1) is 0 Å². The van der Waals surface area contributed by atoms with Gasteiger partial charge in [0.1, 0.15) is 0 Å². The maximum absolute atomic E-state index is 5.58. The average molecular weight is 190 g/mol. The Labute approximate surface area is 76.6 Å². The maximum Gasteiger partial charge on any atom is 0.0618 e. The molecule has 0 radical (unpaired) electrons. The van der Waals surface area contributed by atoms with Crippen LogP contribution >= 0.6 is 23.5 Å². The molecular weight excluding hydrogens is 176 g/mol. The Morgan fingerprint density at radius 2 is 2.36 bits per heavy atom. The Hall–Kier alpha value is 0.660. The smallest absolute Gasteiger partial charge is 0.0618 e. The highest BCUT2D eigenvalue weighted by Crippen LogP contribution is 2.44. The summed E-state index contributed by atoms with van der Waals surface area (Å²) in [7, 11) is 0.